The van der Waals surface area contributed by atoms with Gasteiger partial charge in [0.15, 0.2) is 11.2 Å². The number of para-hydroxylation sites is 1. The van der Waals surface area contributed by atoms with E-state index < -0.39 is 11.2 Å². The summed E-state index contributed by atoms with van der Waals surface area (Å²) in [6.45, 7) is 4.94. The molecular weight excluding hydrogens is 434 g/mol. The number of aromatic nitrogens is 4. The van der Waals surface area contributed by atoms with Gasteiger partial charge in [-0.2, -0.15) is 4.98 Å². The van der Waals surface area contributed by atoms with Crippen LogP contribution in [-0.2, 0) is 25.0 Å². The van der Waals surface area contributed by atoms with Crippen LogP contribution in [0, 0.1) is 0 Å². The largest absolute Gasteiger partial charge is 0.425 e. The standard InChI is InChI=1S/C25H29N5O4/c1-17(2)19-12-7-8-13-20(19)34-24-27-22-21(30(24)16-18-10-5-4-6-11-18)23(31)29(14-9-15-33-26)25(32)28(22)3/h4-8,10-13,17H,9,14-16,26H2,1-3H3. The number of aryl methyl sites for hydroxylation is 1. The minimum atomic E-state index is -0.451. The number of rotatable bonds is 9. The number of imidazole rings is 1. The smallest absolute Gasteiger partial charge is 0.332 e. The molecule has 2 aromatic carbocycles. The van der Waals surface area contributed by atoms with Crippen molar-refractivity contribution in [3.05, 3.63) is 86.6 Å². The average Bonchev–Trinajstić information content (AvgIpc) is 3.18. The molecule has 4 aromatic rings. The summed E-state index contributed by atoms with van der Waals surface area (Å²) in [7, 11) is 1.60. The molecule has 0 radical (unpaired) electrons. The van der Waals surface area contributed by atoms with Gasteiger partial charge in [-0.25, -0.2) is 10.7 Å². The molecule has 0 saturated heterocycles. The molecule has 0 spiro atoms. The van der Waals surface area contributed by atoms with Gasteiger partial charge in [0, 0.05) is 13.6 Å². The molecule has 9 heteroatoms. The fraction of sp³-hybridized carbons (Fsp3) is 0.320. The van der Waals surface area contributed by atoms with Crippen LogP contribution >= 0.6 is 0 Å². The topological polar surface area (TPSA) is 106 Å². The normalized spacial score (nSPS) is 11.4. The maximum absolute atomic E-state index is 13.5. The van der Waals surface area contributed by atoms with Crippen LogP contribution in [0.5, 0.6) is 11.8 Å². The van der Waals surface area contributed by atoms with Crippen molar-refractivity contribution < 1.29 is 9.57 Å². The molecule has 0 saturated carbocycles. The lowest BCUT2D eigenvalue weighted by Gasteiger charge is -2.14. The zero-order valence-corrected chi connectivity index (χ0v) is 19.6. The predicted molar refractivity (Wildman–Crippen MR) is 130 cm³/mol. The Balaban J connectivity index is 1.92. The lowest BCUT2D eigenvalue weighted by atomic mass is 10.0. The molecule has 9 nitrogen and oxygen atoms in total. The van der Waals surface area contributed by atoms with Crippen LogP contribution in [0.25, 0.3) is 11.2 Å². The third kappa shape index (κ3) is 4.52. The Labute approximate surface area is 196 Å². The minimum Gasteiger partial charge on any atom is -0.425 e. The van der Waals surface area contributed by atoms with Gasteiger partial charge in [-0.1, -0.05) is 62.4 Å². The second-order valence-corrected chi connectivity index (χ2v) is 8.46. The van der Waals surface area contributed by atoms with Crippen molar-refractivity contribution >= 4 is 11.2 Å². The van der Waals surface area contributed by atoms with Crippen molar-refractivity contribution in [2.75, 3.05) is 6.61 Å². The first-order valence-corrected chi connectivity index (χ1v) is 11.2. The average molecular weight is 464 g/mol. The molecule has 0 aliphatic heterocycles. The van der Waals surface area contributed by atoms with Crippen LogP contribution in [0.1, 0.15) is 37.3 Å². The van der Waals surface area contributed by atoms with Gasteiger partial charge in [0.05, 0.1) is 13.2 Å². The van der Waals surface area contributed by atoms with Crippen molar-refractivity contribution in [1.82, 2.24) is 18.7 Å². The number of hydrogen-bond donors (Lipinski definition) is 1. The van der Waals surface area contributed by atoms with Crippen molar-refractivity contribution in [3.8, 4) is 11.8 Å². The van der Waals surface area contributed by atoms with Crippen molar-refractivity contribution in [2.24, 2.45) is 12.9 Å². The summed E-state index contributed by atoms with van der Waals surface area (Å²) >= 11 is 0. The van der Waals surface area contributed by atoms with Gasteiger partial charge >= 0.3 is 11.7 Å². The Morgan fingerprint density at radius 3 is 2.41 bits per heavy atom. The van der Waals surface area contributed by atoms with Crippen LogP contribution < -0.4 is 21.9 Å². The first-order chi connectivity index (χ1) is 16.4. The molecule has 2 heterocycles. The number of ether oxygens (including phenoxy) is 1. The number of fused-ring (bicyclic) bond motifs is 1. The van der Waals surface area contributed by atoms with E-state index in [1.54, 1.807) is 11.6 Å². The second-order valence-electron chi connectivity index (χ2n) is 8.46. The fourth-order valence-corrected chi connectivity index (χ4v) is 3.99. The van der Waals surface area contributed by atoms with Crippen molar-refractivity contribution in [3.63, 3.8) is 0 Å². The number of hydrogen-bond acceptors (Lipinski definition) is 6. The van der Waals surface area contributed by atoms with Gasteiger partial charge in [0.1, 0.15) is 5.75 Å². The van der Waals surface area contributed by atoms with Gasteiger partial charge in [0.2, 0.25) is 0 Å². The summed E-state index contributed by atoms with van der Waals surface area (Å²) in [5.41, 5.74) is 1.69. The third-order valence-electron chi connectivity index (χ3n) is 5.77. The summed E-state index contributed by atoms with van der Waals surface area (Å²) < 4.78 is 10.6. The monoisotopic (exact) mass is 463 g/mol. The summed E-state index contributed by atoms with van der Waals surface area (Å²) in [4.78, 5) is 35.7. The van der Waals surface area contributed by atoms with Crippen LogP contribution in [0.15, 0.2) is 64.2 Å². The Morgan fingerprint density at radius 2 is 1.71 bits per heavy atom. The Kier molecular flexibility index (Phi) is 6.95. The third-order valence-corrected chi connectivity index (χ3v) is 5.77. The van der Waals surface area contributed by atoms with E-state index >= 15 is 0 Å². The van der Waals surface area contributed by atoms with Crippen LogP contribution in [0.2, 0.25) is 0 Å². The SMILES string of the molecule is CC(C)c1ccccc1Oc1nc2c(c(=O)n(CCCON)c(=O)n2C)n1Cc1ccccc1. The van der Waals surface area contributed by atoms with E-state index in [1.165, 1.54) is 9.13 Å². The van der Waals surface area contributed by atoms with E-state index in [4.69, 9.17) is 10.6 Å². The van der Waals surface area contributed by atoms with E-state index in [9.17, 15) is 9.59 Å². The first kappa shape index (κ1) is 23.5. The van der Waals surface area contributed by atoms with Crippen molar-refractivity contribution in [1.29, 1.82) is 0 Å². The van der Waals surface area contributed by atoms with E-state index in [0.717, 1.165) is 11.1 Å². The Hall–Kier alpha value is -3.69. The van der Waals surface area contributed by atoms with Gasteiger partial charge in [-0.05, 0) is 29.5 Å². The molecule has 2 aromatic heterocycles. The fourth-order valence-electron chi connectivity index (χ4n) is 3.99. The molecule has 4 rings (SSSR count). The van der Waals surface area contributed by atoms with Gasteiger partial charge in [0.25, 0.3) is 5.56 Å². The number of benzene rings is 2. The Morgan fingerprint density at radius 1 is 1.00 bits per heavy atom. The molecule has 0 aliphatic rings. The molecule has 0 fully saturated rings. The van der Waals surface area contributed by atoms with Crippen LogP contribution in [-0.4, -0.2) is 25.3 Å². The lowest BCUT2D eigenvalue weighted by Crippen LogP contribution is -2.40. The first-order valence-electron chi connectivity index (χ1n) is 11.2. The highest BCUT2D eigenvalue weighted by atomic mass is 16.6. The molecule has 0 unspecified atom stereocenters. The van der Waals surface area contributed by atoms with E-state index in [-0.39, 0.29) is 30.7 Å². The van der Waals surface area contributed by atoms with Crippen LogP contribution in [0.4, 0.5) is 0 Å². The van der Waals surface area contributed by atoms with Gasteiger partial charge in [-0.3, -0.25) is 18.5 Å². The van der Waals surface area contributed by atoms with Crippen LogP contribution in [0.3, 0.4) is 0 Å². The summed E-state index contributed by atoms with van der Waals surface area (Å²) in [6.07, 6.45) is 0.426. The van der Waals surface area contributed by atoms with Gasteiger partial charge in [-0.15, -0.1) is 0 Å². The highest BCUT2D eigenvalue weighted by Crippen LogP contribution is 2.31. The van der Waals surface area contributed by atoms with Crippen molar-refractivity contribution in [2.45, 2.75) is 39.3 Å². The molecule has 0 amide bonds. The minimum absolute atomic E-state index is 0.182. The summed E-state index contributed by atoms with van der Waals surface area (Å²) in [5, 5.41) is 0. The zero-order chi connectivity index (χ0) is 24.2. The zero-order valence-electron chi connectivity index (χ0n) is 19.6. The Bertz CT molecular complexity index is 1400. The predicted octanol–water partition coefficient (Wildman–Crippen LogP) is 3.14. The molecule has 34 heavy (non-hydrogen) atoms. The highest BCUT2D eigenvalue weighted by molar-refractivity contribution is 5.72. The van der Waals surface area contributed by atoms with Gasteiger partial charge < -0.3 is 9.57 Å². The number of nitrogens with two attached hydrogens (primary N) is 1. The maximum atomic E-state index is 13.5. The van der Waals surface area contributed by atoms with E-state index in [2.05, 4.69) is 23.7 Å². The summed E-state index contributed by atoms with van der Waals surface area (Å²) in [5.74, 6) is 6.00. The number of nitrogens with zero attached hydrogens (tertiary/aromatic N) is 4. The summed E-state index contributed by atoms with van der Waals surface area (Å²) in [6, 6.07) is 17.7. The quantitative estimate of drug-likeness (QED) is 0.302. The maximum Gasteiger partial charge on any atom is 0.332 e. The van der Waals surface area contributed by atoms with E-state index in [1.807, 2.05) is 54.6 Å². The molecule has 178 valence electrons. The molecule has 0 bridgehead atoms. The lowest BCUT2D eigenvalue weighted by molar-refractivity contribution is 0.131. The molecule has 2 N–H and O–H groups in total. The highest BCUT2D eigenvalue weighted by Gasteiger charge is 2.22. The van der Waals surface area contributed by atoms with E-state index in [0.29, 0.717) is 24.2 Å². The molecule has 0 aliphatic carbocycles. The molecular formula is C25H29N5O4. The molecule has 0 atom stereocenters. The second kappa shape index (κ2) is 10.1.